The Balaban J connectivity index is 1.19. The monoisotopic (exact) mass is 476 g/mol. The van der Waals surface area contributed by atoms with Gasteiger partial charge in [-0.1, -0.05) is 18.2 Å². The highest BCUT2D eigenvalue weighted by Crippen LogP contribution is 2.35. The molecule has 1 unspecified atom stereocenters. The van der Waals surface area contributed by atoms with Gasteiger partial charge in [-0.2, -0.15) is 0 Å². The van der Waals surface area contributed by atoms with Crippen LogP contribution < -0.4 is 10.2 Å². The first kappa shape index (κ1) is 21.8. The molecule has 2 fully saturated rings. The van der Waals surface area contributed by atoms with E-state index in [1.54, 1.807) is 6.26 Å². The summed E-state index contributed by atoms with van der Waals surface area (Å²) in [6.07, 6.45) is 2.17. The smallest absolute Gasteiger partial charge is 0.255 e. The van der Waals surface area contributed by atoms with Gasteiger partial charge in [0.15, 0.2) is 0 Å². The number of nitrogens with one attached hydrogen (secondary N) is 1. The average molecular weight is 477 g/mol. The summed E-state index contributed by atoms with van der Waals surface area (Å²) in [4.78, 5) is 42.9. The minimum Gasteiger partial charge on any atom is -0.464 e. The SMILES string of the molecule is O=C1CCC(N2Cc3c(cc(F)cc3N3CCN(Cc4cccc5ccoc45)CC3)C2=O)C(=O)N1. The van der Waals surface area contributed by atoms with Crippen LogP contribution in [-0.2, 0) is 22.7 Å². The number of hydrogen-bond donors (Lipinski definition) is 1. The molecule has 8 nitrogen and oxygen atoms in total. The fourth-order valence-electron chi connectivity index (χ4n) is 5.46. The maximum absolute atomic E-state index is 14.6. The fourth-order valence-corrected chi connectivity index (χ4v) is 5.46. The van der Waals surface area contributed by atoms with Gasteiger partial charge in [0.25, 0.3) is 5.91 Å². The lowest BCUT2D eigenvalue weighted by Crippen LogP contribution is -2.52. The number of carbonyl (C=O) groups is 3. The number of carbonyl (C=O) groups excluding carboxylic acids is 3. The molecule has 0 aliphatic carbocycles. The minimum atomic E-state index is -0.718. The highest BCUT2D eigenvalue weighted by molar-refractivity contribution is 6.06. The van der Waals surface area contributed by atoms with Crippen LogP contribution in [0.4, 0.5) is 10.1 Å². The Kier molecular flexibility index (Phi) is 5.29. The molecule has 1 atom stereocenters. The van der Waals surface area contributed by atoms with Crippen LogP contribution in [0, 0.1) is 5.82 Å². The molecule has 35 heavy (non-hydrogen) atoms. The molecule has 180 valence electrons. The summed E-state index contributed by atoms with van der Waals surface area (Å²) in [6, 6.07) is 10.1. The van der Waals surface area contributed by atoms with Crippen LogP contribution in [0.1, 0.15) is 34.3 Å². The third-order valence-corrected chi connectivity index (χ3v) is 7.26. The van der Waals surface area contributed by atoms with Crippen LogP contribution in [0.3, 0.4) is 0 Å². The molecule has 3 aliphatic rings. The van der Waals surface area contributed by atoms with Crippen molar-refractivity contribution in [1.82, 2.24) is 15.1 Å². The summed E-state index contributed by atoms with van der Waals surface area (Å²) in [5.41, 5.74) is 3.80. The summed E-state index contributed by atoms with van der Waals surface area (Å²) in [5.74, 6) is -1.63. The van der Waals surface area contributed by atoms with Gasteiger partial charge >= 0.3 is 0 Å². The van der Waals surface area contributed by atoms with Crippen LogP contribution in [0.2, 0.25) is 0 Å². The standard InChI is InChI=1S/C26H25FN4O4/c27-18-12-19-20(15-31(26(19)34)21-4-5-23(32)28-25(21)33)22(13-18)30-9-7-29(8-10-30)14-17-3-1-2-16-6-11-35-24(16)17/h1-3,6,11-13,21H,4-5,7-10,14-15H2,(H,28,32,33). The number of piperidine rings is 1. The molecular formula is C26H25FN4O4. The molecule has 2 aromatic carbocycles. The van der Waals surface area contributed by atoms with Crippen LogP contribution in [0.15, 0.2) is 47.1 Å². The topological polar surface area (TPSA) is 86.1 Å². The second kappa shape index (κ2) is 8.49. The van der Waals surface area contributed by atoms with Crippen molar-refractivity contribution in [3.05, 3.63) is 65.2 Å². The molecule has 0 radical (unpaired) electrons. The van der Waals surface area contributed by atoms with Crippen molar-refractivity contribution in [2.75, 3.05) is 31.1 Å². The number of piperazine rings is 1. The van der Waals surface area contributed by atoms with Crippen molar-refractivity contribution in [2.45, 2.75) is 32.0 Å². The third kappa shape index (κ3) is 3.85. The molecule has 0 spiro atoms. The normalized spacial score (nSPS) is 21.1. The van der Waals surface area contributed by atoms with E-state index in [1.807, 2.05) is 18.2 Å². The largest absolute Gasteiger partial charge is 0.464 e. The first-order valence-corrected chi connectivity index (χ1v) is 11.9. The number of anilines is 1. The maximum Gasteiger partial charge on any atom is 0.255 e. The quantitative estimate of drug-likeness (QED) is 0.583. The molecule has 9 heteroatoms. The van der Waals surface area contributed by atoms with E-state index >= 15 is 0 Å². The third-order valence-electron chi connectivity index (χ3n) is 7.26. The molecule has 4 heterocycles. The molecule has 3 aromatic rings. The predicted molar refractivity (Wildman–Crippen MR) is 126 cm³/mol. The predicted octanol–water partition coefficient (Wildman–Crippen LogP) is 2.66. The van der Waals surface area contributed by atoms with Crippen molar-refractivity contribution in [1.29, 1.82) is 0 Å². The zero-order chi connectivity index (χ0) is 24.1. The highest BCUT2D eigenvalue weighted by Gasteiger charge is 2.41. The van der Waals surface area contributed by atoms with E-state index in [-0.39, 0.29) is 31.2 Å². The number of imide groups is 1. The van der Waals surface area contributed by atoms with Gasteiger partial charge in [-0.05, 0) is 24.6 Å². The van der Waals surface area contributed by atoms with Gasteiger partial charge in [-0.3, -0.25) is 24.6 Å². The van der Waals surface area contributed by atoms with Gasteiger partial charge in [0.2, 0.25) is 11.8 Å². The number of rotatable bonds is 4. The zero-order valence-electron chi connectivity index (χ0n) is 19.1. The van der Waals surface area contributed by atoms with E-state index in [0.717, 1.165) is 41.7 Å². The van der Waals surface area contributed by atoms with E-state index in [4.69, 9.17) is 4.42 Å². The summed E-state index contributed by atoms with van der Waals surface area (Å²) >= 11 is 0. The summed E-state index contributed by atoms with van der Waals surface area (Å²) < 4.78 is 20.3. The van der Waals surface area contributed by atoms with Gasteiger partial charge < -0.3 is 14.2 Å². The molecule has 2 saturated heterocycles. The van der Waals surface area contributed by atoms with Crippen molar-refractivity contribution < 1.29 is 23.2 Å². The number of nitrogens with zero attached hydrogens (tertiary/aromatic N) is 3. The number of benzene rings is 2. The van der Waals surface area contributed by atoms with E-state index < -0.39 is 17.8 Å². The molecule has 1 N–H and O–H groups in total. The van der Waals surface area contributed by atoms with Crippen molar-refractivity contribution in [3.63, 3.8) is 0 Å². The maximum atomic E-state index is 14.6. The van der Waals surface area contributed by atoms with Crippen molar-refractivity contribution in [3.8, 4) is 0 Å². The number of halogens is 1. The van der Waals surface area contributed by atoms with Gasteiger partial charge in [0.05, 0.1) is 6.26 Å². The van der Waals surface area contributed by atoms with E-state index in [1.165, 1.54) is 17.0 Å². The molecule has 1 aromatic heterocycles. The second-order valence-corrected chi connectivity index (χ2v) is 9.37. The van der Waals surface area contributed by atoms with Crippen LogP contribution >= 0.6 is 0 Å². The number of fused-ring (bicyclic) bond motifs is 2. The molecule has 6 rings (SSSR count). The Morgan fingerprint density at radius 3 is 2.69 bits per heavy atom. The van der Waals surface area contributed by atoms with Crippen molar-refractivity contribution >= 4 is 34.4 Å². The molecule has 0 bridgehead atoms. The summed E-state index contributed by atoms with van der Waals surface area (Å²) in [6.45, 7) is 3.95. The molecular weight excluding hydrogens is 451 g/mol. The van der Waals surface area contributed by atoms with Crippen molar-refractivity contribution in [2.24, 2.45) is 0 Å². The summed E-state index contributed by atoms with van der Waals surface area (Å²) in [5, 5.41) is 3.39. The molecule has 3 aliphatic heterocycles. The lowest BCUT2D eigenvalue weighted by molar-refractivity contribution is -0.136. The first-order chi connectivity index (χ1) is 17.0. The molecule has 0 saturated carbocycles. The highest BCUT2D eigenvalue weighted by atomic mass is 19.1. The Morgan fingerprint density at radius 1 is 1.06 bits per heavy atom. The van der Waals surface area contributed by atoms with Crippen LogP contribution in [0.5, 0.6) is 0 Å². The first-order valence-electron chi connectivity index (χ1n) is 11.9. The number of amides is 3. The number of hydrogen-bond acceptors (Lipinski definition) is 6. The lowest BCUT2D eigenvalue weighted by Gasteiger charge is -2.37. The van der Waals surface area contributed by atoms with Crippen LogP contribution in [0.25, 0.3) is 11.0 Å². The van der Waals surface area contributed by atoms with Gasteiger partial charge in [-0.15, -0.1) is 0 Å². The van der Waals surface area contributed by atoms with Gasteiger partial charge in [0.1, 0.15) is 17.4 Å². The second-order valence-electron chi connectivity index (χ2n) is 9.37. The van der Waals surface area contributed by atoms with Gasteiger partial charge in [-0.25, -0.2) is 4.39 Å². The van der Waals surface area contributed by atoms with E-state index in [2.05, 4.69) is 21.2 Å². The van der Waals surface area contributed by atoms with Crippen LogP contribution in [-0.4, -0.2) is 59.7 Å². The lowest BCUT2D eigenvalue weighted by atomic mass is 10.0. The zero-order valence-corrected chi connectivity index (χ0v) is 19.1. The Morgan fingerprint density at radius 2 is 1.89 bits per heavy atom. The van der Waals surface area contributed by atoms with Gasteiger partial charge in [0, 0.05) is 73.5 Å². The summed E-state index contributed by atoms with van der Waals surface area (Å²) in [7, 11) is 0. The average Bonchev–Trinajstić information content (AvgIpc) is 3.45. The van der Waals surface area contributed by atoms with E-state index in [0.29, 0.717) is 24.3 Å². The minimum absolute atomic E-state index is 0.186. The number of furan rings is 1. The molecule has 3 amide bonds. The Bertz CT molecular complexity index is 1340. The fraction of sp³-hybridized carbons (Fsp3) is 0.346. The Labute approximate surface area is 201 Å². The van der Waals surface area contributed by atoms with E-state index in [9.17, 15) is 18.8 Å². The Hall–Kier alpha value is -3.72. The number of para-hydroxylation sites is 1.